The zero-order chi connectivity index (χ0) is 15.6. The van der Waals surface area contributed by atoms with Gasteiger partial charge in [0.15, 0.2) is 4.90 Å². The fraction of sp³-hybridized carbons (Fsp3) is 0.417. The molecule has 1 saturated carbocycles. The van der Waals surface area contributed by atoms with Crippen LogP contribution in [0.2, 0.25) is 0 Å². The van der Waals surface area contributed by atoms with E-state index in [4.69, 9.17) is 5.73 Å². The minimum absolute atomic E-state index is 0.274. The van der Waals surface area contributed by atoms with Crippen molar-refractivity contribution in [3.8, 4) is 0 Å². The Morgan fingerprint density at radius 3 is 2.57 bits per heavy atom. The Bertz CT molecular complexity index is 669. The molecule has 1 amide bonds. The second kappa shape index (κ2) is 5.78. The monoisotopic (exact) mass is 313 g/mol. The molecule has 0 aliphatic heterocycles. The number of hydrogen-bond acceptors (Lipinski definition) is 5. The molecule has 1 atom stereocenters. The van der Waals surface area contributed by atoms with E-state index in [1.54, 1.807) is 0 Å². The number of sulfonamides is 1. The minimum atomic E-state index is -4.19. The van der Waals surface area contributed by atoms with E-state index in [1.165, 1.54) is 12.1 Å². The Labute approximate surface area is 121 Å². The molecule has 0 aromatic heterocycles. The highest BCUT2D eigenvalue weighted by Gasteiger charge is 2.33. The topological polar surface area (TPSA) is 132 Å². The van der Waals surface area contributed by atoms with Crippen molar-refractivity contribution in [1.82, 2.24) is 4.72 Å². The number of nitro groups is 1. The van der Waals surface area contributed by atoms with Crippen LogP contribution in [0.3, 0.4) is 0 Å². The molecule has 2 rings (SSSR count). The Morgan fingerprint density at radius 2 is 2.05 bits per heavy atom. The van der Waals surface area contributed by atoms with Gasteiger partial charge in [-0.3, -0.25) is 14.9 Å². The predicted molar refractivity (Wildman–Crippen MR) is 73.7 cm³/mol. The maximum atomic E-state index is 12.3. The van der Waals surface area contributed by atoms with Crippen molar-refractivity contribution >= 4 is 21.6 Å². The molecule has 8 nitrogen and oxygen atoms in total. The van der Waals surface area contributed by atoms with Gasteiger partial charge in [0.2, 0.25) is 15.9 Å². The average Bonchev–Trinajstić information content (AvgIpc) is 3.21. The van der Waals surface area contributed by atoms with Gasteiger partial charge in [0.1, 0.15) is 6.04 Å². The summed E-state index contributed by atoms with van der Waals surface area (Å²) in [7, 11) is -4.19. The molecular formula is C12H15N3O5S. The molecule has 3 N–H and O–H groups in total. The van der Waals surface area contributed by atoms with Gasteiger partial charge < -0.3 is 5.73 Å². The second-order valence-corrected chi connectivity index (χ2v) is 6.66. The fourth-order valence-corrected chi connectivity index (χ4v) is 3.38. The van der Waals surface area contributed by atoms with E-state index in [-0.39, 0.29) is 5.92 Å². The average molecular weight is 313 g/mol. The molecule has 114 valence electrons. The van der Waals surface area contributed by atoms with Crippen molar-refractivity contribution in [3.63, 3.8) is 0 Å². The molecule has 0 heterocycles. The summed E-state index contributed by atoms with van der Waals surface area (Å²) in [5.74, 6) is -0.514. The molecule has 1 aromatic rings. The number of benzene rings is 1. The lowest BCUT2D eigenvalue weighted by molar-refractivity contribution is -0.387. The highest BCUT2D eigenvalue weighted by atomic mass is 32.2. The lowest BCUT2D eigenvalue weighted by Gasteiger charge is -2.15. The summed E-state index contributed by atoms with van der Waals surface area (Å²) < 4.78 is 26.7. The zero-order valence-corrected chi connectivity index (χ0v) is 11.9. The number of nitro benzene ring substituents is 1. The summed E-state index contributed by atoms with van der Waals surface area (Å²) in [5.41, 5.74) is 4.65. The van der Waals surface area contributed by atoms with Crippen LogP contribution in [-0.4, -0.2) is 25.3 Å². The van der Waals surface area contributed by atoms with Gasteiger partial charge in [-0.25, -0.2) is 8.42 Å². The van der Waals surface area contributed by atoms with Crippen molar-refractivity contribution in [2.45, 2.75) is 30.2 Å². The van der Waals surface area contributed by atoms with E-state index in [1.807, 2.05) is 0 Å². The summed E-state index contributed by atoms with van der Waals surface area (Å²) in [4.78, 5) is 21.0. The van der Waals surface area contributed by atoms with E-state index in [0.29, 0.717) is 6.42 Å². The summed E-state index contributed by atoms with van der Waals surface area (Å²) in [6.07, 6.45) is 2.17. The first kappa shape index (κ1) is 15.4. The van der Waals surface area contributed by atoms with E-state index >= 15 is 0 Å². The van der Waals surface area contributed by atoms with Crippen LogP contribution < -0.4 is 10.5 Å². The highest BCUT2D eigenvalue weighted by molar-refractivity contribution is 7.89. The summed E-state index contributed by atoms with van der Waals surface area (Å²) in [6.45, 7) is 0. The highest BCUT2D eigenvalue weighted by Crippen LogP contribution is 2.34. The number of nitrogens with one attached hydrogen (secondary N) is 1. The summed E-state index contributed by atoms with van der Waals surface area (Å²) >= 11 is 0. The van der Waals surface area contributed by atoms with Crippen LogP contribution in [0.1, 0.15) is 19.3 Å². The van der Waals surface area contributed by atoms with Crippen LogP contribution in [0.25, 0.3) is 0 Å². The SMILES string of the molecule is NC(=O)C(CC1CC1)NS(=O)(=O)c1ccccc1[N+](=O)[O-]. The maximum Gasteiger partial charge on any atom is 0.289 e. The van der Waals surface area contributed by atoms with Crippen LogP contribution in [0, 0.1) is 16.0 Å². The van der Waals surface area contributed by atoms with Gasteiger partial charge in [0, 0.05) is 6.07 Å². The van der Waals surface area contributed by atoms with Crippen LogP contribution in [0.4, 0.5) is 5.69 Å². The summed E-state index contributed by atoms with van der Waals surface area (Å²) in [5, 5.41) is 10.9. The largest absolute Gasteiger partial charge is 0.368 e. The first-order chi connectivity index (χ1) is 9.81. The number of para-hydroxylation sites is 1. The van der Waals surface area contributed by atoms with Crippen molar-refractivity contribution in [3.05, 3.63) is 34.4 Å². The maximum absolute atomic E-state index is 12.3. The molecule has 0 bridgehead atoms. The predicted octanol–water partition coefficient (Wildman–Crippen LogP) is 0.527. The van der Waals surface area contributed by atoms with E-state index in [0.717, 1.165) is 25.0 Å². The number of nitrogens with two attached hydrogens (primary N) is 1. The number of primary amides is 1. The molecule has 0 spiro atoms. The molecule has 1 aliphatic carbocycles. The van der Waals surface area contributed by atoms with Gasteiger partial charge in [-0.1, -0.05) is 25.0 Å². The van der Waals surface area contributed by atoms with Crippen LogP contribution in [0.5, 0.6) is 0 Å². The first-order valence-electron chi connectivity index (χ1n) is 6.36. The number of rotatable bonds is 7. The van der Waals surface area contributed by atoms with Crippen LogP contribution in [0.15, 0.2) is 29.2 Å². The molecule has 1 aromatic carbocycles. The normalized spacial score (nSPS) is 16.4. The fourth-order valence-electron chi connectivity index (χ4n) is 2.00. The number of nitrogens with zero attached hydrogens (tertiary/aromatic N) is 1. The van der Waals surface area contributed by atoms with Gasteiger partial charge >= 0.3 is 0 Å². The van der Waals surface area contributed by atoms with Gasteiger partial charge in [0.05, 0.1) is 4.92 Å². The van der Waals surface area contributed by atoms with Crippen molar-refractivity contribution in [2.24, 2.45) is 11.7 Å². The lowest BCUT2D eigenvalue weighted by atomic mass is 10.1. The molecular weight excluding hydrogens is 298 g/mol. The van der Waals surface area contributed by atoms with Crippen molar-refractivity contribution in [1.29, 1.82) is 0 Å². The summed E-state index contributed by atoms with van der Waals surface area (Å²) in [6, 6.07) is 3.90. The van der Waals surface area contributed by atoms with Gasteiger partial charge in [-0.15, -0.1) is 0 Å². The van der Waals surface area contributed by atoms with Crippen molar-refractivity contribution < 1.29 is 18.1 Å². The molecule has 0 radical (unpaired) electrons. The molecule has 0 saturated heterocycles. The van der Waals surface area contributed by atoms with Crippen LogP contribution in [-0.2, 0) is 14.8 Å². The van der Waals surface area contributed by atoms with Crippen molar-refractivity contribution in [2.75, 3.05) is 0 Å². The van der Waals surface area contributed by atoms with E-state index in [2.05, 4.69) is 4.72 Å². The number of amides is 1. The number of carbonyl (C=O) groups excluding carboxylic acids is 1. The number of carbonyl (C=O) groups is 1. The number of hydrogen-bond donors (Lipinski definition) is 2. The van der Waals surface area contributed by atoms with Gasteiger partial charge in [-0.05, 0) is 18.4 Å². The third-order valence-corrected chi connectivity index (χ3v) is 4.78. The third-order valence-electron chi connectivity index (χ3n) is 3.26. The quantitative estimate of drug-likeness (QED) is 0.559. The molecule has 1 fully saturated rings. The third kappa shape index (κ3) is 3.76. The zero-order valence-electron chi connectivity index (χ0n) is 11.1. The Balaban J connectivity index is 2.28. The Kier molecular flexibility index (Phi) is 4.24. The minimum Gasteiger partial charge on any atom is -0.368 e. The molecule has 1 unspecified atom stereocenters. The Hall–Kier alpha value is -2.00. The second-order valence-electron chi connectivity index (χ2n) is 4.98. The standard InChI is InChI=1S/C12H15N3O5S/c13-12(16)9(7-8-5-6-8)14-21(19,20)11-4-2-1-3-10(11)15(17)18/h1-4,8-9,14H,5-7H2,(H2,13,16). The Morgan fingerprint density at radius 1 is 1.43 bits per heavy atom. The van der Waals surface area contributed by atoms with E-state index < -0.39 is 37.5 Å². The molecule has 21 heavy (non-hydrogen) atoms. The molecule has 1 aliphatic rings. The van der Waals surface area contributed by atoms with Gasteiger partial charge in [0.25, 0.3) is 5.69 Å². The lowest BCUT2D eigenvalue weighted by Crippen LogP contribution is -2.44. The first-order valence-corrected chi connectivity index (χ1v) is 7.84. The van der Waals surface area contributed by atoms with Gasteiger partial charge in [-0.2, -0.15) is 4.72 Å². The van der Waals surface area contributed by atoms with Crippen LogP contribution >= 0.6 is 0 Å². The smallest absolute Gasteiger partial charge is 0.289 e. The van der Waals surface area contributed by atoms with E-state index in [9.17, 15) is 23.3 Å². The molecule has 9 heteroatoms.